The van der Waals surface area contributed by atoms with E-state index in [1.165, 1.54) is 19.2 Å². The molecule has 1 aromatic rings. The molecule has 0 fully saturated rings. The lowest BCUT2D eigenvalue weighted by molar-refractivity contribution is -0.112. The van der Waals surface area contributed by atoms with Gasteiger partial charge in [-0.2, -0.15) is 0 Å². The number of aromatic hydroxyl groups is 1. The zero-order valence-electron chi connectivity index (χ0n) is 7.57. The molecule has 1 rings (SSSR count). The second-order valence-electron chi connectivity index (χ2n) is 2.50. The third-order valence-corrected chi connectivity index (χ3v) is 1.51. The maximum Gasteiger partial charge on any atom is 0.293 e. The van der Waals surface area contributed by atoms with Crippen LogP contribution in [0.3, 0.4) is 0 Å². The number of hydrogen-bond acceptors (Lipinski definition) is 3. The largest absolute Gasteiger partial charge is 0.504 e. The Morgan fingerprint density at radius 3 is 2.86 bits per heavy atom. The summed E-state index contributed by atoms with van der Waals surface area (Å²) in [6.45, 7) is 0. The lowest BCUT2D eigenvalue weighted by atomic mass is 10.2. The van der Waals surface area contributed by atoms with E-state index in [1.54, 1.807) is 6.07 Å². The van der Waals surface area contributed by atoms with Crippen LogP contribution in [0.1, 0.15) is 5.56 Å². The van der Waals surface area contributed by atoms with E-state index in [2.05, 4.69) is 11.8 Å². The van der Waals surface area contributed by atoms with Crippen LogP contribution in [0.4, 0.5) is 0 Å². The topological polar surface area (TPSA) is 72.5 Å². The standard InChI is InChI=1S/C10H9NO3/c1-14-9-6-7(2-4-8(9)12)3-5-10(11)13/h2,4,6,12H,1H3,(H2,11,13). The average molecular weight is 191 g/mol. The van der Waals surface area contributed by atoms with Gasteiger partial charge in [-0.25, -0.2) is 0 Å². The van der Waals surface area contributed by atoms with Gasteiger partial charge in [0.05, 0.1) is 7.11 Å². The van der Waals surface area contributed by atoms with Crippen molar-refractivity contribution in [3.05, 3.63) is 23.8 Å². The highest BCUT2D eigenvalue weighted by Gasteiger charge is 2.00. The Bertz CT molecular complexity index is 415. The number of carbonyl (C=O) groups is 1. The summed E-state index contributed by atoms with van der Waals surface area (Å²) in [5, 5.41) is 9.25. The van der Waals surface area contributed by atoms with E-state index in [1.807, 2.05) is 0 Å². The molecule has 0 aliphatic carbocycles. The fourth-order valence-corrected chi connectivity index (χ4v) is 0.889. The molecule has 0 spiro atoms. The molecular formula is C10H9NO3. The number of methoxy groups -OCH3 is 1. The molecule has 0 radical (unpaired) electrons. The molecule has 0 atom stereocenters. The van der Waals surface area contributed by atoms with Gasteiger partial charge in [0.2, 0.25) is 0 Å². The minimum Gasteiger partial charge on any atom is -0.504 e. The molecule has 0 aliphatic heterocycles. The third kappa shape index (κ3) is 2.42. The number of amides is 1. The van der Waals surface area contributed by atoms with Crippen LogP contribution in [-0.4, -0.2) is 18.1 Å². The second kappa shape index (κ2) is 4.19. The molecule has 0 unspecified atom stereocenters. The van der Waals surface area contributed by atoms with Crippen molar-refractivity contribution in [1.82, 2.24) is 0 Å². The predicted octanol–water partition coefficient (Wildman–Crippen LogP) is 0.238. The Morgan fingerprint density at radius 1 is 1.57 bits per heavy atom. The third-order valence-electron chi connectivity index (χ3n) is 1.51. The molecule has 1 aromatic carbocycles. The summed E-state index contributed by atoms with van der Waals surface area (Å²) in [5.41, 5.74) is 5.40. The zero-order chi connectivity index (χ0) is 10.6. The van der Waals surface area contributed by atoms with Gasteiger partial charge in [0.1, 0.15) is 0 Å². The molecule has 72 valence electrons. The van der Waals surface area contributed by atoms with E-state index in [4.69, 9.17) is 10.5 Å². The lowest BCUT2D eigenvalue weighted by Gasteiger charge is -2.02. The molecule has 14 heavy (non-hydrogen) atoms. The fraction of sp³-hybridized carbons (Fsp3) is 0.100. The summed E-state index contributed by atoms with van der Waals surface area (Å²) in [6, 6.07) is 4.52. The van der Waals surface area contributed by atoms with Gasteiger partial charge in [0, 0.05) is 5.56 Å². The second-order valence-corrected chi connectivity index (χ2v) is 2.50. The number of carbonyl (C=O) groups excluding carboxylic acids is 1. The molecule has 3 N–H and O–H groups in total. The van der Waals surface area contributed by atoms with Crippen LogP contribution in [0, 0.1) is 11.8 Å². The van der Waals surface area contributed by atoms with E-state index in [0.29, 0.717) is 11.3 Å². The van der Waals surface area contributed by atoms with E-state index in [9.17, 15) is 9.90 Å². The Kier molecular flexibility index (Phi) is 2.97. The number of nitrogens with two attached hydrogens (primary N) is 1. The smallest absolute Gasteiger partial charge is 0.293 e. The average Bonchev–Trinajstić information content (AvgIpc) is 2.16. The quantitative estimate of drug-likeness (QED) is 0.624. The molecular weight excluding hydrogens is 182 g/mol. The summed E-state index contributed by atoms with van der Waals surface area (Å²) >= 11 is 0. The number of hydrogen-bond donors (Lipinski definition) is 2. The monoisotopic (exact) mass is 191 g/mol. The number of phenolic OH excluding ortho intramolecular Hbond substituents is 1. The SMILES string of the molecule is COc1cc(C#CC(N)=O)ccc1O. The highest BCUT2D eigenvalue weighted by molar-refractivity contribution is 5.92. The number of rotatable bonds is 1. The Morgan fingerprint density at radius 2 is 2.29 bits per heavy atom. The van der Waals surface area contributed by atoms with E-state index >= 15 is 0 Å². The van der Waals surface area contributed by atoms with Gasteiger partial charge in [-0.15, -0.1) is 0 Å². The summed E-state index contributed by atoms with van der Waals surface area (Å²) < 4.78 is 4.86. The van der Waals surface area contributed by atoms with Crippen molar-refractivity contribution in [3.8, 4) is 23.3 Å². The first-order valence-corrected chi connectivity index (χ1v) is 3.82. The molecule has 0 bridgehead atoms. The number of benzene rings is 1. The van der Waals surface area contributed by atoms with E-state index in [0.717, 1.165) is 0 Å². The maximum atomic E-state index is 10.4. The Labute approximate surface area is 81.3 Å². The molecule has 0 heterocycles. The van der Waals surface area contributed by atoms with Crippen molar-refractivity contribution in [1.29, 1.82) is 0 Å². The molecule has 0 saturated carbocycles. The Balaban J connectivity index is 3.03. The summed E-state index contributed by atoms with van der Waals surface area (Å²) in [6.07, 6.45) is 0. The van der Waals surface area contributed by atoms with Crippen LogP contribution in [0.2, 0.25) is 0 Å². The van der Waals surface area contributed by atoms with E-state index in [-0.39, 0.29) is 5.75 Å². The van der Waals surface area contributed by atoms with Gasteiger partial charge in [-0.05, 0) is 24.1 Å². The summed E-state index contributed by atoms with van der Waals surface area (Å²) in [4.78, 5) is 10.4. The molecule has 0 aromatic heterocycles. The summed E-state index contributed by atoms with van der Waals surface area (Å²) in [5.74, 6) is 4.35. The fourth-order valence-electron chi connectivity index (χ4n) is 0.889. The highest BCUT2D eigenvalue weighted by Crippen LogP contribution is 2.25. The molecule has 0 aliphatic rings. The first-order chi connectivity index (χ1) is 6.63. The van der Waals surface area contributed by atoms with Gasteiger partial charge in [-0.3, -0.25) is 4.79 Å². The van der Waals surface area contributed by atoms with Crippen molar-refractivity contribution in [2.45, 2.75) is 0 Å². The van der Waals surface area contributed by atoms with Crippen LogP contribution < -0.4 is 10.5 Å². The lowest BCUT2D eigenvalue weighted by Crippen LogP contribution is -2.06. The first kappa shape index (κ1) is 9.93. The zero-order valence-corrected chi connectivity index (χ0v) is 7.57. The van der Waals surface area contributed by atoms with Crippen molar-refractivity contribution >= 4 is 5.91 Å². The maximum absolute atomic E-state index is 10.4. The van der Waals surface area contributed by atoms with Crippen LogP contribution in [-0.2, 0) is 4.79 Å². The number of phenols is 1. The molecule has 0 saturated heterocycles. The van der Waals surface area contributed by atoms with Gasteiger partial charge >= 0.3 is 0 Å². The van der Waals surface area contributed by atoms with Crippen LogP contribution >= 0.6 is 0 Å². The minimum atomic E-state index is -0.697. The van der Waals surface area contributed by atoms with Crippen molar-refractivity contribution < 1.29 is 14.6 Å². The normalized spacial score (nSPS) is 8.64. The summed E-state index contributed by atoms with van der Waals surface area (Å²) in [7, 11) is 1.43. The minimum absolute atomic E-state index is 0.0251. The first-order valence-electron chi connectivity index (χ1n) is 3.82. The number of primary amides is 1. The van der Waals surface area contributed by atoms with Crippen molar-refractivity contribution in [2.75, 3.05) is 7.11 Å². The predicted molar refractivity (Wildman–Crippen MR) is 50.7 cm³/mol. The van der Waals surface area contributed by atoms with Gasteiger partial charge in [-0.1, -0.05) is 5.92 Å². The van der Waals surface area contributed by atoms with Crippen LogP contribution in [0.25, 0.3) is 0 Å². The molecule has 4 heteroatoms. The highest BCUT2D eigenvalue weighted by atomic mass is 16.5. The van der Waals surface area contributed by atoms with Gasteiger partial charge < -0.3 is 15.6 Å². The van der Waals surface area contributed by atoms with Crippen molar-refractivity contribution in [2.24, 2.45) is 5.73 Å². The van der Waals surface area contributed by atoms with E-state index < -0.39 is 5.91 Å². The molecule has 1 amide bonds. The van der Waals surface area contributed by atoms with Crippen molar-refractivity contribution in [3.63, 3.8) is 0 Å². The van der Waals surface area contributed by atoms with Crippen LogP contribution in [0.15, 0.2) is 18.2 Å². The van der Waals surface area contributed by atoms with Crippen LogP contribution in [0.5, 0.6) is 11.5 Å². The molecule has 4 nitrogen and oxygen atoms in total. The number of ether oxygens (including phenoxy) is 1. The van der Waals surface area contributed by atoms with Gasteiger partial charge in [0.25, 0.3) is 5.91 Å². The van der Waals surface area contributed by atoms with Gasteiger partial charge in [0.15, 0.2) is 11.5 Å². The Hall–Kier alpha value is -2.15.